The first-order valence-electron chi connectivity index (χ1n) is 8.68. The molecule has 1 aliphatic carbocycles. The highest BCUT2D eigenvalue weighted by molar-refractivity contribution is 6.32. The van der Waals surface area contributed by atoms with Gasteiger partial charge in [0, 0.05) is 12.6 Å². The molecule has 134 valence electrons. The molecule has 0 saturated heterocycles. The van der Waals surface area contributed by atoms with Crippen LogP contribution in [-0.2, 0) is 4.74 Å². The molecule has 2 rings (SSSR count). The summed E-state index contributed by atoms with van der Waals surface area (Å²) in [5.41, 5.74) is 0.569. The van der Waals surface area contributed by atoms with Crippen LogP contribution in [0.15, 0.2) is 18.2 Å². The van der Waals surface area contributed by atoms with E-state index in [0.717, 1.165) is 19.3 Å². The Balaban J connectivity index is 1.95. The number of urea groups is 1. The van der Waals surface area contributed by atoms with Crippen molar-refractivity contribution in [3.63, 3.8) is 0 Å². The fraction of sp³-hybridized carbons (Fsp3) is 0.611. The summed E-state index contributed by atoms with van der Waals surface area (Å²) in [5, 5.41) is 6.39. The maximum absolute atomic E-state index is 12.3. The van der Waals surface area contributed by atoms with Crippen molar-refractivity contribution in [3.8, 4) is 5.75 Å². The number of carbonyl (C=O) groups excluding carboxylic acids is 1. The molecule has 0 bridgehead atoms. The molecule has 0 aromatic heterocycles. The summed E-state index contributed by atoms with van der Waals surface area (Å²) in [6.45, 7) is 5.62. The largest absolute Gasteiger partial charge is 0.487 e. The van der Waals surface area contributed by atoms with Crippen LogP contribution in [-0.4, -0.2) is 31.9 Å². The van der Waals surface area contributed by atoms with Gasteiger partial charge in [0.25, 0.3) is 0 Å². The molecule has 1 saturated carbocycles. The van der Waals surface area contributed by atoms with Gasteiger partial charge in [-0.05, 0) is 37.8 Å². The Labute approximate surface area is 149 Å². The Morgan fingerprint density at radius 2 is 2.08 bits per heavy atom. The van der Waals surface area contributed by atoms with Gasteiger partial charge in [-0.25, -0.2) is 4.79 Å². The first-order chi connectivity index (χ1) is 11.6. The fourth-order valence-electron chi connectivity index (χ4n) is 2.96. The molecular formula is C18H27ClN2O3. The van der Waals surface area contributed by atoms with E-state index in [4.69, 9.17) is 21.1 Å². The SMILES string of the molecule is CCOCCOc1c(Cl)cccc1NC(=O)NC1CCCCC1C. The predicted molar refractivity (Wildman–Crippen MR) is 97.0 cm³/mol. The summed E-state index contributed by atoms with van der Waals surface area (Å²) < 4.78 is 10.9. The molecule has 2 atom stereocenters. The summed E-state index contributed by atoms with van der Waals surface area (Å²) >= 11 is 6.20. The summed E-state index contributed by atoms with van der Waals surface area (Å²) in [5.74, 6) is 0.983. The fourth-order valence-corrected chi connectivity index (χ4v) is 3.19. The van der Waals surface area contributed by atoms with Crippen LogP contribution in [0.5, 0.6) is 5.75 Å². The molecule has 0 spiro atoms. The lowest BCUT2D eigenvalue weighted by atomic mass is 9.86. The first-order valence-corrected chi connectivity index (χ1v) is 9.06. The highest BCUT2D eigenvalue weighted by Crippen LogP contribution is 2.33. The van der Waals surface area contributed by atoms with Crippen LogP contribution in [0, 0.1) is 5.92 Å². The third-order valence-corrected chi connectivity index (χ3v) is 4.62. The molecule has 1 fully saturated rings. The van der Waals surface area contributed by atoms with Crippen molar-refractivity contribution in [2.75, 3.05) is 25.1 Å². The van der Waals surface area contributed by atoms with Crippen molar-refractivity contribution in [2.24, 2.45) is 5.92 Å². The normalized spacial score (nSPS) is 20.5. The van der Waals surface area contributed by atoms with Crippen molar-refractivity contribution in [1.82, 2.24) is 5.32 Å². The van der Waals surface area contributed by atoms with E-state index in [1.807, 2.05) is 6.92 Å². The van der Waals surface area contributed by atoms with Gasteiger partial charge in [0.1, 0.15) is 6.61 Å². The number of nitrogens with one attached hydrogen (secondary N) is 2. The van der Waals surface area contributed by atoms with Gasteiger partial charge in [0.2, 0.25) is 0 Å². The molecule has 2 unspecified atom stereocenters. The quantitative estimate of drug-likeness (QED) is 0.711. The Hall–Kier alpha value is -1.46. The van der Waals surface area contributed by atoms with Crippen LogP contribution in [0.1, 0.15) is 39.5 Å². The number of halogens is 1. The molecule has 0 aliphatic heterocycles. The van der Waals surface area contributed by atoms with Gasteiger partial charge in [-0.1, -0.05) is 37.4 Å². The number of rotatable bonds is 7. The molecule has 24 heavy (non-hydrogen) atoms. The molecule has 5 nitrogen and oxygen atoms in total. The van der Waals surface area contributed by atoms with Gasteiger partial charge in [0.15, 0.2) is 5.75 Å². The van der Waals surface area contributed by atoms with Crippen LogP contribution < -0.4 is 15.4 Å². The van der Waals surface area contributed by atoms with E-state index in [0.29, 0.717) is 42.2 Å². The smallest absolute Gasteiger partial charge is 0.319 e. The number of amides is 2. The van der Waals surface area contributed by atoms with E-state index in [2.05, 4.69) is 17.6 Å². The Kier molecular flexibility index (Phi) is 7.66. The number of benzene rings is 1. The minimum Gasteiger partial charge on any atom is -0.487 e. The van der Waals surface area contributed by atoms with E-state index in [1.54, 1.807) is 18.2 Å². The molecule has 6 heteroatoms. The molecule has 0 radical (unpaired) electrons. The van der Waals surface area contributed by atoms with Crippen molar-refractivity contribution in [2.45, 2.75) is 45.6 Å². The Bertz CT molecular complexity index is 539. The van der Waals surface area contributed by atoms with Crippen LogP contribution in [0.25, 0.3) is 0 Å². The summed E-state index contributed by atoms with van der Waals surface area (Å²) in [4.78, 5) is 12.3. The second-order valence-corrected chi connectivity index (χ2v) is 6.54. The molecule has 2 amide bonds. The maximum Gasteiger partial charge on any atom is 0.319 e. The molecule has 1 aromatic carbocycles. The predicted octanol–water partition coefficient (Wildman–Crippen LogP) is 4.46. The highest BCUT2D eigenvalue weighted by atomic mass is 35.5. The standard InChI is InChI=1S/C18H27ClN2O3/c1-3-23-11-12-24-17-14(19)8-6-10-16(17)21-18(22)20-15-9-5-4-7-13(15)2/h6,8,10,13,15H,3-5,7,9,11-12H2,1-2H3,(H2,20,21,22). The maximum atomic E-state index is 12.3. The van der Waals surface area contributed by atoms with Crippen LogP contribution >= 0.6 is 11.6 Å². The number of hydrogen-bond acceptors (Lipinski definition) is 3. The first kappa shape index (κ1) is 18.9. The van der Waals surface area contributed by atoms with E-state index >= 15 is 0 Å². The van der Waals surface area contributed by atoms with E-state index in [1.165, 1.54) is 6.42 Å². The van der Waals surface area contributed by atoms with Crippen LogP contribution in [0.2, 0.25) is 5.02 Å². The van der Waals surface area contributed by atoms with E-state index in [-0.39, 0.29) is 12.1 Å². The van der Waals surface area contributed by atoms with Crippen molar-refractivity contribution in [3.05, 3.63) is 23.2 Å². The Morgan fingerprint density at radius 3 is 2.83 bits per heavy atom. The summed E-state index contributed by atoms with van der Waals surface area (Å²) in [7, 11) is 0. The molecule has 2 N–H and O–H groups in total. The summed E-state index contributed by atoms with van der Waals surface area (Å²) in [6.07, 6.45) is 4.60. The van der Waals surface area contributed by atoms with Crippen LogP contribution in [0.3, 0.4) is 0 Å². The lowest BCUT2D eigenvalue weighted by Crippen LogP contribution is -2.43. The van der Waals surface area contributed by atoms with Crippen LogP contribution in [0.4, 0.5) is 10.5 Å². The van der Waals surface area contributed by atoms with E-state index < -0.39 is 0 Å². The number of carbonyl (C=O) groups is 1. The van der Waals surface area contributed by atoms with Crippen molar-refractivity contribution in [1.29, 1.82) is 0 Å². The number of ether oxygens (including phenoxy) is 2. The number of para-hydroxylation sites is 1. The zero-order chi connectivity index (χ0) is 17.4. The monoisotopic (exact) mass is 354 g/mol. The van der Waals surface area contributed by atoms with Gasteiger partial charge < -0.3 is 20.1 Å². The highest BCUT2D eigenvalue weighted by Gasteiger charge is 2.23. The minimum atomic E-state index is -0.217. The third-order valence-electron chi connectivity index (χ3n) is 4.32. The number of hydrogen-bond donors (Lipinski definition) is 2. The molecule has 1 aliphatic rings. The number of anilines is 1. The average molecular weight is 355 g/mol. The van der Waals surface area contributed by atoms with Gasteiger partial charge in [-0.15, -0.1) is 0 Å². The third kappa shape index (κ3) is 5.56. The second kappa shape index (κ2) is 9.74. The summed E-state index contributed by atoms with van der Waals surface area (Å²) in [6, 6.07) is 5.32. The molecule has 0 heterocycles. The van der Waals surface area contributed by atoms with Gasteiger partial charge in [-0.2, -0.15) is 0 Å². The minimum absolute atomic E-state index is 0.217. The molecule has 1 aromatic rings. The van der Waals surface area contributed by atoms with E-state index in [9.17, 15) is 4.79 Å². The van der Waals surface area contributed by atoms with Gasteiger partial charge in [-0.3, -0.25) is 0 Å². The second-order valence-electron chi connectivity index (χ2n) is 6.13. The topological polar surface area (TPSA) is 59.6 Å². The zero-order valence-corrected chi connectivity index (χ0v) is 15.2. The Morgan fingerprint density at radius 1 is 1.29 bits per heavy atom. The lowest BCUT2D eigenvalue weighted by Gasteiger charge is -2.29. The molecular weight excluding hydrogens is 328 g/mol. The lowest BCUT2D eigenvalue weighted by molar-refractivity contribution is 0.110. The van der Waals surface area contributed by atoms with Gasteiger partial charge >= 0.3 is 6.03 Å². The van der Waals surface area contributed by atoms with Crippen molar-refractivity contribution < 1.29 is 14.3 Å². The average Bonchev–Trinajstić information content (AvgIpc) is 2.56. The van der Waals surface area contributed by atoms with Gasteiger partial charge in [0.05, 0.1) is 17.3 Å². The zero-order valence-electron chi connectivity index (χ0n) is 14.4. The van der Waals surface area contributed by atoms with Crippen molar-refractivity contribution >= 4 is 23.3 Å².